The molecule has 3 aromatic carbocycles. The molecule has 0 aliphatic carbocycles. The fraction of sp³-hybridized carbons (Fsp3) is 0.296. The van der Waals surface area contributed by atoms with Gasteiger partial charge in [0, 0.05) is 18.2 Å². The van der Waals surface area contributed by atoms with Crippen molar-refractivity contribution in [3.8, 4) is 16.9 Å². The molecule has 5 heteroatoms. The van der Waals surface area contributed by atoms with E-state index in [4.69, 9.17) is 4.74 Å². The number of benzene rings is 3. The molecule has 3 atom stereocenters. The van der Waals surface area contributed by atoms with Gasteiger partial charge in [-0.3, -0.25) is 4.79 Å². The van der Waals surface area contributed by atoms with Gasteiger partial charge >= 0.3 is 0 Å². The van der Waals surface area contributed by atoms with Crippen LogP contribution in [0.2, 0.25) is 0 Å². The highest BCUT2D eigenvalue weighted by Crippen LogP contribution is 2.47. The molecule has 0 aromatic heterocycles. The van der Waals surface area contributed by atoms with E-state index in [0.29, 0.717) is 13.0 Å². The number of carbonyl (C=O) groups excluding carboxylic acids is 1. The lowest BCUT2D eigenvalue weighted by molar-refractivity contribution is -0.131. The van der Waals surface area contributed by atoms with Gasteiger partial charge in [-0.25, -0.2) is 0 Å². The van der Waals surface area contributed by atoms with Gasteiger partial charge in [0.1, 0.15) is 5.75 Å². The van der Waals surface area contributed by atoms with Crippen LogP contribution in [-0.4, -0.2) is 42.2 Å². The van der Waals surface area contributed by atoms with Crippen LogP contribution in [0.1, 0.15) is 23.6 Å². The van der Waals surface area contributed by atoms with Crippen molar-refractivity contribution in [2.75, 3.05) is 25.6 Å². The number of aliphatic hydroxyl groups excluding tert-OH is 1. The molecule has 0 bridgehead atoms. The highest BCUT2D eigenvalue weighted by atomic mass is 16.5. The van der Waals surface area contributed by atoms with E-state index in [0.717, 1.165) is 40.1 Å². The van der Waals surface area contributed by atoms with Gasteiger partial charge < -0.3 is 20.1 Å². The number of anilines is 1. The molecule has 164 valence electrons. The maximum Gasteiger partial charge on any atom is 0.227 e. The number of hydrogen-bond donors (Lipinski definition) is 2. The predicted molar refractivity (Wildman–Crippen MR) is 126 cm³/mol. The van der Waals surface area contributed by atoms with Crippen LogP contribution < -0.4 is 10.1 Å². The zero-order valence-electron chi connectivity index (χ0n) is 18.2. The standard InChI is InChI=1S/C27H28N2O3/c1-32-21-9-5-8-19(15-21)20-10-11-24-23(16-20)27-22(25(17-30)28-24)12-13-29(27)26(31)14-18-6-3-2-4-7-18/h2-11,15-16,22,25,27-28,30H,12-14,17H2,1H3/t22-,25-,27-/m0/s1. The number of ether oxygens (including phenoxy) is 1. The molecule has 5 nitrogen and oxygen atoms in total. The summed E-state index contributed by atoms with van der Waals surface area (Å²) >= 11 is 0. The zero-order valence-corrected chi connectivity index (χ0v) is 18.2. The van der Waals surface area contributed by atoms with Crippen molar-refractivity contribution in [2.45, 2.75) is 24.9 Å². The van der Waals surface area contributed by atoms with Gasteiger partial charge in [-0.2, -0.15) is 0 Å². The minimum Gasteiger partial charge on any atom is -0.497 e. The molecule has 1 amide bonds. The first-order chi connectivity index (χ1) is 15.7. The average Bonchev–Trinajstić information content (AvgIpc) is 3.30. The van der Waals surface area contributed by atoms with Crippen molar-refractivity contribution in [3.05, 3.63) is 83.9 Å². The van der Waals surface area contributed by atoms with Gasteiger partial charge in [0.2, 0.25) is 5.91 Å². The highest BCUT2D eigenvalue weighted by Gasteiger charge is 2.45. The normalized spacial score (nSPS) is 21.4. The molecule has 2 aliphatic heterocycles. The van der Waals surface area contributed by atoms with E-state index in [1.54, 1.807) is 7.11 Å². The Bertz CT molecular complexity index is 1110. The van der Waals surface area contributed by atoms with Crippen LogP contribution in [-0.2, 0) is 11.2 Å². The number of nitrogens with zero attached hydrogens (tertiary/aromatic N) is 1. The van der Waals surface area contributed by atoms with Gasteiger partial charge in [-0.05, 0) is 52.9 Å². The first kappa shape index (κ1) is 20.6. The van der Waals surface area contributed by atoms with Crippen LogP contribution in [0.15, 0.2) is 72.8 Å². The third-order valence-corrected chi connectivity index (χ3v) is 6.79. The van der Waals surface area contributed by atoms with E-state index in [2.05, 4.69) is 29.6 Å². The first-order valence-corrected chi connectivity index (χ1v) is 11.2. The molecule has 32 heavy (non-hydrogen) atoms. The molecule has 1 saturated heterocycles. The van der Waals surface area contributed by atoms with E-state index in [9.17, 15) is 9.90 Å². The SMILES string of the molecule is COc1cccc(-c2ccc3c(c2)[C@@H]2[C@@H](CCN2C(=O)Cc2ccccc2)[C@H](CO)N3)c1. The van der Waals surface area contributed by atoms with Crippen molar-refractivity contribution >= 4 is 11.6 Å². The Balaban J connectivity index is 1.51. The Kier molecular flexibility index (Phi) is 5.58. The molecule has 2 heterocycles. The summed E-state index contributed by atoms with van der Waals surface area (Å²) in [5.41, 5.74) is 5.32. The smallest absolute Gasteiger partial charge is 0.227 e. The Hall–Kier alpha value is -3.31. The Morgan fingerprint density at radius 2 is 1.88 bits per heavy atom. The van der Waals surface area contributed by atoms with E-state index >= 15 is 0 Å². The number of methoxy groups -OCH3 is 1. The van der Waals surface area contributed by atoms with Gasteiger partial charge in [-0.15, -0.1) is 0 Å². The number of fused-ring (bicyclic) bond motifs is 3. The number of rotatable bonds is 5. The summed E-state index contributed by atoms with van der Waals surface area (Å²) in [5.74, 6) is 1.14. The van der Waals surface area contributed by atoms with E-state index in [1.165, 1.54) is 0 Å². The predicted octanol–water partition coefficient (Wildman–Crippen LogP) is 4.28. The molecule has 5 rings (SSSR count). The Morgan fingerprint density at radius 1 is 1.06 bits per heavy atom. The third-order valence-electron chi connectivity index (χ3n) is 6.79. The second-order valence-corrected chi connectivity index (χ2v) is 8.61. The summed E-state index contributed by atoms with van der Waals surface area (Å²) in [7, 11) is 1.67. The van der Waals surface area contributed by atoms with Gasteiger partial charge in [-0.1, -0.05) is 48.5 Å². The van der Waals surface area contributed by atoms with E-state index < -0.39 is 0 Å². The molecule has 0 unspecified atom stereocenters. The van der Waals surface area contributed by atoms with E-state index in [-0.39, 0.29) is 30.5 Å². The topological polar surface area (TPSA) is 61.8 Å². The maximum atomic E-state index is 13.3. The monoisotopic (exact) mass is 428 g/mol. The molecule has 2 N–H and O–H groups in total. The van der Waals surface area contributed by atoms with Crippen molar-refractivity contribution in [1.29, 1.82) is 0 Å². The molecule has 1 fully saturated rings. The minimum atomic E-state index is -0.0512. The zero-order chi connectivity index (χ0) is 22.1. The molecule has 0 spiro atoms. The molecular formula is C27H28N2O3. The Labute approximate surface area is 188 Å². The second-order valence-electron chi connectivity index (χ2n) is 8.61. The van der Waals surface area contributed by atoms with Crippen LogP contribution >= 0.6 is 0 Å². The number of hydrogen-bond acceptors (Lipinski definition) is 4. The number of nitrogens with one attached hydrogen (secondary N) is 1. The molecular weight excluding hydrogens is 400 g/mol. The first-order valence-electron chi connectivity index (χ1n) is 11.2. The molecule has 2 aliphatic rings. The summed E-state index contributed by atoms with van der Waals surface area (Å²) < 4.78 is 5.40. The number of aliphatic hydroxyl groups is 1. The Morgan fingerprint density at radius 3 is 2.66 bits per heavy atom. The van der Waals surface area contributed by atoms with Crippen molar-refractivity contribution in [2.24, 2.45) is 5.92 Å². The maximum absolute atomic E-state index is 13.3. The second kappa shape index (κ2) is 8.67. The summed E-state index contributed by atoms with van der Waals surface area (Å²) in [4.78, 5) is 15.4. The largest absolute Gasteiger partial charge is 0.497 e. The van der Waals surface area contributed by atoms with Crippen molar-refractivity contribution < 1.29 is 14.6 Å². The fourth-order valence-electron chi connectivity index (χ4n) is 5.20. The molecule has 0 radical (unpaired) electrons. The van der Waals surface area contributed by atoms with Crippen LogP contribution in [0.25, 0.3) is 11.1 Å². The highest BCUT2D eigenvalue weighted by molar-refractivity contribution is 5.81. The lowest BCUT2D eigenvalue weighted by atomic mass is 9.82. The van der Waals surface area contributed by atoms with Crippen LogP contribution in [0, 0.1) is 5.92 Å². The number of likely N-dealkylation sites (tertiary alicyclic amines) is 1. The number of amides is 1. The van der Waals surface area contributed by atoms with Gasteiger partial charge in [0.25, 0.3) is 0 Å². The van der Waals surface area contributed by atoms with Crippen molar-refractivity contribution in [3.63, 3.8) is 0 Å². The summed E-state index contributed by atoms with van der Waals surface area (Å²) in [6.45, 7) is 0.765. The average molecular weight is 429 g/mol. The number of carbonyl (C=O) groups is 1. The third kappa shape index (κ3) is 3.73. The lowest BCUT2D eigenvalue weighted by Crippen LogP contribution is -2.43. The molecule has 3 aromatic rings. The quantitative estimate of drug-likeness (QED) is 0.637. The van der Waals surface area contributed by atoms with Gasteiger partial charge in [0.15, 0.2) is 0 Å². The molecule has 0 saturated carbocycles. The van der Waals surface area contributed by atoms with Crippen LogP contribution in [0.4, 0.5) is 5.69 Å². The fourth-order valence-corrected chi connectivity index (χ4v) is 5.20. The summed E-state index contributed by atoms with van der Waals surface area (Å²) in [6.07, 6.45) is 1.28. The van der Waals surface area contributed by atoms with Crippen LogP contribution in [0.5, 0.6) is 5.75 Å². The van der Waals surface area contributed by atoms with Crippen molar-refractivity contribution in [1.82, 2.24) is 4.90 Å². The van der Waals surface area contributed by atoms with E-state index in [1.807, 2.05) is 53.4 Å². The van der Waals surface area contributed by atoms with Crippen LogP contribution in [0.3, 0.4) is 0 Å². The van der Waals surface area contributed by atoms with Gasteiger partial charge in [0.05, 0.1) is 32.2 Å². The lowest BCUT2D eigenvalue weighted by Gasteiger charge is -2.39. The summed E-state index contributed by atoms with van der Waals surface area (Å²) in [6, 6.07) is 24.2. The minimum absolute atomic E-state index is 0.0369. The summed E-state index contributed by atoms with van der Waals surface area (Å²) in [5, 5.41) is 13.6.